The van der Waals surface area contributed by atoms with Crippen molar-refractivity contribution in [2.75, 3.05) is 6.61 Å². The van der Waals surface area contributed by atoms with E-state index in [1.807, 2.05) is 6.07 Å². The SMILES string of the molecule is [Li+].c1ccc(Sc2ccc([C-]3CO3)cc2)cc1. The summed E-state index contributed by atoms with van der Waals surface area (Å²) in [6, 6.07) is 18.9. The molecule has 1 saturated heterocycles. The Morgan fingerprint density at radius 3 is 2.06 bits per heavy atom. The van der Waals surface area contributed by atoms with Gasteiger partial charge >= 0.3 is 18.9 Å². The third-order valence-electron chi connectivity index (χ3n) is 2.44. The molecule has 2 aromatic carbocycles. The molecule has 2 aromatic rings. The second kappa shape index (κ2) is 5.71. The molecule has 0 bridgehead atoms. The van der Waals surface area contributed by atoms with Gasteiger partial charge in [-0.05, 0) is 23.1 Å². The van der Waals surface area contributed by atoms with Crippen molar-refractivity contribution in [3.8, 4) is 0 Å². The second-order valence-corrected chi connectivity index (χ2v) is 4.80. The Balaban J connectivity index is 0.00000108. The molecule has 1 aliphatic heterocycles. The zero-order valence-corrected chi connectivity index (χ0v) is 10.5. The van der Waals surface area contributed by atoms with Gasteiger partial charge < -0.3 is 4.74 Å². The topological polar surface area (TPSA) is 12.5 Å². The van der Waals surface area contributed by atoms with Crippen molar-refractivity contribution in [1.29, 1.82) is 0 Å². The van der Waals surface area contributed by atoms with Crippen molar-refractivity contribution in [3.05, 3.63) is 66.3 Å². The molecule has 1 aliphatic rings. The average molecular weight is 234 g/mol. The Kier molecular flexibility index (Phi) is 4.25. The van der Waals surface area contributed by atoms with Crippen LogP contribution in [0.25, 0.3) is 0 Å². The maximum atomic E-state index is 5.16. The maximum absolute atomic E-state index is 5.16. The largest absolute Gasteiger partial charge is 1.00 e. The third kappa shape index (κ3) is 3.34. The average Bonchev–Trinajstić information content (AvgIpc) is 3.15. The molecule has 0 atom stereocenters. The normalized spacial score (nSPS) is 13.1. The van der Waals surface area contributed by atoms with E-state index in [-0.39, 0.29) is 18.9 Å². The summed E-state index contributed by atoms with van der Waals surface area (Å²) < 4.78 is 5.16. The van der Waals surface area contributed by atoms with E-state index in [2.05, 4.69) is 48.5 Å². The van der Waals surface area contributed by atoms with Crippen molar-refractivity contribution >= 4 is 11.8 Å². The number of hydrogen-bond acceptors (Lipinski definition) is 2. The van der Waals surface area contributed by atoms with Crippen LogP contribution in [0.3, 0.4) is 0 Å². The van der Waals surface area contributed by atoms with E-state index in [0.29, 0.717) is 0 Å². The molecule has 1 nitrogen and oxygen atoms in total. The van der Waals surface area contributed by atoms with E-state index >= 15 is 0 Å². The van der Waals surface area contributed by atoms with Crippen LogP contribution >= 0.6 is 11.8 Å². The monoisotopic (exact) mass is 234 g/mol. The van der Waals surface area contributed by atoms with E-state index in [0.717, 1.165) is 12.7 Å². The predicted molar refractivity (Wildman–Crippen MR) is 65.3 cm³/mol. The number of ether oxygens (including phenoxy) is 1. The molecule has 0 aromatic heterocycles. The van der Waals surface area contributed by atoms with E-state index < -0.39 is 0 Å². The quantitative estimate of drug-likeness (QED) is 0.441. The minimum absolute atomic E-state index is 0. The Labute approximate surface area is 118 Å². The number of benzene rings is 2. The van der Waals surface area contributed by atoms with Gasteiger partial charge in [-0.2, -0.15) is 17.7 Å². The predicted octanol–water partition coefficient (Wildman–Crippen LogP) is 0.752. The van der Waals surface area contributed by atoms with E-state index in [4.69, 9.17) is 4.74 Å². The molecular formula is C14H11LiOS. The minimum Gasteiger partial charge on any atom is -0.414 e. The summed E-state index contributed by atoms with van der Waals surface area (Å²) in [4.78, 5) is 2.53. The number of epoxide rings is 1. The van der Waals surface area contributed by atoms with Crippen molar-refractivity contribution in [1.82, 2.24) is 0 Å². The molecule has 17 heavy (non-hydrogen) atoms. The summed E-state index contributed by atoms with van der Waals surface area (Å²) in [7, 11) is 0. The van der Waals surface area contributed by atoms with Crippen molar-refractivity contribution in [2.45, 2.75) is 9.79 Å². The van der Waals surface area contributed by atoms with Gasteiger partial charge in [0.15, 0.2) is 0 Å². The molecule has 0 amide bonds. The van der Waals surface area contributed by atoms with Gasteiger partial charge in [0.05, 0.1) is 0 Å². The zero-order chi connectivity index (χ0) is 10.8. The van der Waals surface area contributed by atoms with Gasteiger partial charge in [-0.15, -0.1) is 12.1 Å². The number of rotatable bonds is 3. The molecule has 3 heteroatoms. The summed E-state index contributed by atoms with van der Waals surface area (Å²) in [6.07, 6.45) is 1.11. The first kappa shape index (κ1) is 12.7. The molecule has 0 saturated carbocycles. The van der Waals surface area contributed by atoms with Gasteiger partial charge in [0.2, 0.25) is 0 Å². The fourth-order valence-electron chi connectivity index (χ4n) is 1.54. The minimum atomic E-state index is 0. The molecular weight excluding hydrogens is 223 g/mol. The van der Waals surface area contributed by atoms with E-state index in [9.17, 15) is 0 Å². The van der Waals surface area contributed by atoms with Crippen molar-refractivity contribution < 1.29 is 23.6 Å². The molecule has 80 valence electrons. The van der Waals surface area contributed by atoms with Crippen molar-refractivity contribution in [3.63, 3.8) is 0 Å². The molecule has 1 fully saturated rings. The first-order chi connectivity index (χ1) is 7.92. The van der Waals surface area contributed by atoms with Gasteiger partial charge in [-0.1, -0.05) is 30.0 Å². The van der Waals surface area contributed by atoms with Gasteiger partial charge in [0, 0.05) is 11.5 Å². The van der Waals surface area contributed by atoms with Crippen LogP contribution in [-0.2, 0) is 4.74 Å². The van der Waals surface area contributed by atoms with Crippen LogP contribution < -0.4 is 18.9 Å². The van der Waals surface area contributed by atoms with Gasteiger partial charge in [0.25, 0.3) is 0 Å². The van der Waals surface area contributed by atoms with E-state index in [1.165, 1.54) is 15.4 Å². The summed E-state index contributed by atoms with van der Waals surface area (Å²) in [5.41, 5.74) is 1.21. The molecule has 0 unspecified atom stereocenters. The molecule has 1 heterocycles. The summed E-state index contributed by atoms with van der Waals surface area (Å²) in [6.45, 7) is 0.797. The van der Waals surface area contributed by atoms with E-state index in [1.54, 1.807) is 11.8 Å². The van der Waals surface area contributed by atoms with Crippen molar-refractivity contribution in [2.24, 2.45) is 0 Å². The first-order valence-electron chi connectivity index (χ1n) is 5.24. The molecule has 3 rings (SSSR count). The Morgan fingerprint density at radius 1 is 0.882 bits per heavy atom. The fourth-order valence-corrected chi connectivity index (χ4v) is 2.37. The van der Waals surface area contributed by atoms with Gasteiger partial charge in [-0.25, -0.2) is 0 Å². The van der Waals surface area contributed by atoms with Gasteiger partial charge in [0.1, 0.15) is 0 Å². The number of hydrogen-bond donors (Lipinski definition) is 0. The van der Waals surface area contributed by atoms with Crippen LogP contribution in [0.5, 0.6) is 0 Å². The standard InChI is InChI=1S/C14H11OS.Li/c1-2-4-12(5-3-1)16-13-8-6-11(7-9-13)14-10-15-14;/h1-9H,10H2;/q-1;+1. The molecule has 0 N–H and O–H groups in total. The Bertz CT molecular complexity index is 465. The van der Waals surface area contributed by atoms with Crippen LogP contribution in [0, 0.1) is 6.10 Å². The summed E-state index contributed by atoms with van der Waals surface area (Å²) >= 11 is 1.78. The Morgan fingerprint density at radius 2 is 1.47 bits per heavy atom. The smallest absolute Gasteiger partial charge is 0.414 e. The zero-order valence-electron chi connectivity index (χ0n) is 9.72. The Hall–Kier alpha value is -0.783. The molecule has 0 aliphatic carbocycles. The summed E-state index contributed by atoms with van der Waals surface area (Å²) in [5, 5.41) is 0. The molecule has 0 radical (unpaired) electrons. The van der Waals surface area contributed by atoms with Crippen LogP contribution in [0.1, 0.15) is 5.56 Å². The third-order valence-corrected chi connectivity index (χ3v) is 3.46. The van der Waals surface area contributed by atoms with Crippen LogP contribution in [0.4, 0.5) is 0 Å². The second-order valence-electron chi connectivity index (χ2n) is 3.65. The maximum Gasteiger partial charge on any atom is 1.00 e. The fraction of sp³-hybridized carbons (Fsp3) is 0.0714. The van der Waals surface area contributed by atoms with Crippen LogP contribution in [0.15, 0.2) is 64.4 Å². The summed E-state index contributed by atoms with van der Waals surface area (Å²) in [5.74, 6) is 0. The van der Waals surface area contributed by atoms with Crippen LogP contribution in [-0.4, -0.2) is 6.61 Å². The molecule has 0 spiro atoms. The van der Waals surface area contributed by atoms with Crippen LogP contribution in [0.2, 0.25) is 0 Å². The van der Waals surface area contributed by atoms with Gasteiger partial charge in [-0.3, -0.25) is 0 Å². The first-order valence-corrected chi connectivity index (χ1v) is 6.05.